The molecule has 1 aliphatic rings. The Bertz CT molecular complexity index is 969. The average molecular weight is 316 g/mol. The molecule has 24 heavy (non-hydrogen) atoms. The fourth-order valence-corrected chi connectivity index (χ4v) is 3.25. The molecule has 4 heteroatoms. The van der Waals surface area contributed by atoms with E-state index in [0.717, 1.165) is 11.1 Å². The first-order valence-corrected chi connectivity index (χ1v) is 7.91. The standard InChI is InChI=1S/C20H16N2O2/c1-2-21-18-13-10-6-7-11-14(13)19(23)15-16(18)20(24)22-17(15)12-8-4-3-5-9-12/h3-11,22,24H,2H2,1H3. The molecule has 4 rings (SSSR count). The van der Waals surface area contributed by atoms with Crippen molar-refractivity contribution in [1.82, 2.24) is 4.98 Å². The van der Waals surface area contributed by atoms with Gasteiger partial charge in [0.25, 0.3) is 0 Å². The van der Waals surface area contributed by atoms with Gasteiger partial charge in [-0.1, -0.05) is 54.6 Å². The van der Waals surface area contributed by atoms with Gasteiger partial charge in [-0.05, 0) is 12.5 Å². The molecule has 0 fully saturated rings. The zero-order valence-corrected chi connectivity index (χ0v) is 13.2. The summed E-state index contributed by atoms with van der Waals surface area (Å²) in [7, 11) is 0. The van der Waals surface area contributed by atoms with Gasteiger partial charge < -0.3 is 10.1 Å². The number of hydrogen-bond acceptors (Lipinski definition) is 3. The third kappa shape index (κ3) is 2.00. The molecular weight excluding hydrogens is 300 g/mol. The van der Waals surface area contributed by atoms with Gasteiger partial charge in [-0.25, -0.2) is 0 Å². The summed E-state index contributed by atoms with van der Waals surface area (Å²) < 4.78 is 0. The van der Waals surface area contributed by atoms with Crippen molar-refractivity contribution in [3.8, 4) is 17.1 Å². The molecule has 1 heterocycles. The number of hydrogen-bond donors (Lipinski definition) is 2. The van der Waals surface area contributed by atoms with Crippen LogP contribution in [0, 0.1) is 0 Å². The van der Waals surface area contributed by atoms with Crippen molar-refractivity contribution in [2.75, 3.05) is 6.54 Å². The molecule has 1 aromatic heterocycles. The summed E-state index contributed by atoms with van der Waals surface area (Å²) in [6, 6.07) is 17.0. The highest BCUT2D eigenvalue weighted by Gasteiger charge is 2.34. The summed E-state index contributed by atoms with van der Waals surface area (Å²) in [6.07, 6.45) is 0. The maximum absolute atomic E-state index is 13.1. The predicted molar refractivity (Wildman–Crippen MR) is 93.9 cm³/mol. The summed E-state index contributed by atoms with van der Waals surface area (Å²) in [5, 5.41) is 10.5. The van der Waals surface area contributed by atoms with Crippen LogP contribution in [0.25, 0.3) is 11.3 Å². The molecule has 0 saturated heterocycles. The van der Waals surface area contributed by atoms with Crippen LogP contribution >= 0.6 is 0 Å². The Morgan fingerprint density at radius 1 is 0.958 bits per heavy atom. The Morgan fingerprint density at radius 3 is 2.33 bits per heavy atom. The fourth-order valence-electron chi connectivity index (χ4n) is 3.25. The number of H-pyrrole nitrogens is 1. The van der Waals surface area contributed by atoms with Gasteiger partial charge in [-0.3, -0.25) is 9.79 Å². The second-order valence-corrected chi connectivity index (χ2v) is 5.66. The first-order valence-electron chi connectivity index (χ1n) is 7.91. The van der Waals surface area contributed by atoms with Crippen LogP contribution in [-0.4, -0.2) is 28.1 Å². The van der Waals surface area contributed by atoms with Crippen molar-refractivity contribution in [1.29, 1.82) is 0 Å². The molecule has 0 bridgehead atoms. The molecule has 4 nitrogen and oxygen atoms in total. The Balaban J connectivity index is 2.05. The van der Waals surface area contributed by atoms with E-state index in [2.05, 4.69) is 9.98 Å². The third-order valence-corrected chi connectivity index (χ3v) is 4.25. The number of fused-ring (bicyclic) bond motifs is 2. The van der Waals surface area contributed by atoms with Gasteiger partial charge in [0, 0.05) is 17.7 Å². The van der Waals surface area contributed by atoms with E-state index in [0.29, 0.717) is 34.6 Å². The van der Waals surface area contributed by atoms with Gasteiger partial charge in [-0.2, -0.15) is 0 Å². The number of carbonyl (C=O) groups is 1. The molecular formula is C20H16N2O2. The lowest BCUT2D eigenvalue weighted by atomic mass is 9.83. The molecule has 1 aliphatic carbocycles. The molecule has 0 spiro atoms. The molecule has 0 saturated carbocycles. The maximum atomic E-state index is 13.1. The number of nitrogens with one attached hydrogen (secondary N) is 1. The monoisotopic (exact) mass is 316 g/mol. The van der Waals surface area contributed by atoms with Crippen LogP contribution < -0.4 is 0 Å². The molecule has 3 aromatic rings. The number of aromatic hydroxyl groups is 1. The minimum absolute atomic E-state index is 0.0149. The van der Waals surface area contributed by atoms with Crippen molar-refractivity contribution in [3.05, 3.63) is 76.9 Å². The quantitative estimate of drug-likeness (QED) is 0.591. The zero-order chi connectivity index (χ0) is 16.7. The van der Waals surface area contributed by atoms with Gasteiger partial charge in [0.2, 0.25) is 0 Å². The summed E-state index contributed by atoms with van der Waals surface area (Å²) in [6.45, 7) is 2.51. The largest absolute Gasteiger partial charge is 0.494 e. The highest BCUT2D eigenvalue weighted by molar-refractivity contribution is 6.32. The van der Waals surface area contributed by atoms with Gasteiger partial charge in [0.15, 0.2) is 11.7 Å². The van der Waals surface area contributed by atoms with Crippen molar-refractivity contribution >= 4 is 11.5 Å². The number of aromatic nitrogens is 1. The van der Waals surface area contributed by atoms with E-state index < -0.39 is 0 Å². The number of nitrogens with zero attached hydrogens (tertiary/aromatic N) is 1. The molecule has 0 amide bonds. The predicted octanol–water partition coefficient (Wildman–Crippen LogP) is 3.79. The highest BCUT2D eigenvalue weighted by Crippen LogP contribution is 2.39. The minimum Gasteiger partial charge on any atom is -0.494 e. The highest BCUT2D eigenvalue weighted by atomic mass is 16.3. The smallest absolute Gasteiger partial charge is 0.199 e. The van der Waals surface area contributed by atoms with Crippen LogP contribution in [0.15, 0.2) is 59.6 Å². The molecule has 0 aliphatic heterocycles. The second-order valence-electron chi connectivity index (χ2n) is 5.66. The summed E-state index contributed by atoms with van der Waals surface area (Å²) >= 11 is 0. The number of carbonyl (C=O) groups excluding carboxylic acids is 1. The minimum atomic E-state index is -0.0916. The summed E-state index contributed by atoms with van der Waals surface area (Å²) in [5.74, 6) is -0.107. The fraction of sp³-hybridized carbons (Fsp3) is 0.100. The zero-order valence-electron chi connectivity index (χ0n) is 13.2. The number of benzene rings is 2. The van der Waals surface area contributed by atoms with E-state index in [1.54, 1.807) is 0 Å². The Hall–Kier alpha value is -3.14. The molecule has 2 N–H and O–H groups in total. The molecule has 2 aromatic carbocycles. The van der Waals surface area contributed by atoms with Gasteiger partial charge in [0.1, 0.15) is 0 Å². The lowest BCUT2D eigenvalue weighted by Crippen LogP contribution is -2.21. The lowest BCUT2D eigenvalue weighted by molar-refractivity contribution is 0.103. The average Bonchev–Trinajstić information content (AvgIpc) is 2.97. The van der Waals surface area contributed by atoms with Crippen molar-refractivity contribution in [2.24, 2.45) is 4.99 Å². The first-order chi connectivity index (χ1) is 11.7. The van der Waals surface area contributed by atoms with E-state index in [9.17, 15) is 9.90 Å². The third-order valence-electron chi connectivity index (χ3n) is 4.25. The van der Waals surface area contributed by atoms with Crippen LogP contribution in [0.5, 0.6) is 5.88 Å². The number of rotatable bonds is 2. The van der Waals surface area contributed by atoms with E-state index in [-0.39, 0.29) is 11.7 Å². The van der Waals surface area contributed by atoms with Crippen molar-refractivity contribution < 1.29 is 9.90 Å². The normalized spacial score (nSPS) is 14.5. The first kappa shape index (κ1) is 14.5. The molecule has 118 valence electrons. The molecule has 0 radical (unpaired) electrons. The van der Waals surface area contributed by atoms with Gasteiger partial charge >= 0.3 is 0 Å². The van der Waals surface area contributed by atoms with E-state index >= 15 is 0 Å². The van der Waals surface area contributed by atoms with Gasteiger partial charge in [-0.15, -0.1) is 0 Å². The lowest BCUT2D eigenvalue weighted by Gasteiger charge is -2.18. The molecule has 0 unspecified atom stereocenters. The van der Waals surface area contributed by atoms with Crippen LogP contribution in [0.1, 0.15) is 34.0 Å². The second kappa shape index (κ2) is 5.49. The van der Waals surface area contributed by atoms with Crippen molar-refractivity contribution in [3.63, 3.8) is 0 Å². The van der Waals surface area contributed by atoms with Crippen LogP contribution in [0.4, 0.5) is 0 Å². The Morgan fingerprint density at radius 2 is 1.62 bits per heavy atom. The van der Waals surface area contributed by atoms with Gasteiger partial charge in [0.05, 0.1) is 22.5 Å². The maximum Gasteiger partial charge on any atom is 0.199 e. The Kier molecular flexibility index (Phi) is 3.31. The van der Waals surface area contributed by atoms with E-state index in [4.69, 9.17) is 0 Å². The SMILES string of the molecule is CCN=C1c2ccccc2C(=O)c2c(-c3ccccc3)[nH]c(O)c21. The molecule has 0 atom stereocenters. The summed E-state index contributed by atoms with van der Waals surface area (Å²) in [4.78, 5) is 20.6. The number of aliphatic imine (C=N–C) groups is 1. The number of ketones is 1. The van der Waals surface area contributed by atoms with Crippen molar-refractivity contribution in [2.45, 2.75) is 6.92 Å². The van der Waals surface area contributed by atoms with E-state index in [1.165, 1.54) is 0 Å². The van der Waals surface area contributed by atoms with Crippen LogP contribution in [0.3, 0.4) is 0 Å². The topological polar surface area (TPSA) is 65.5 Å². The Labute approximate surface area is 139 Å². The number of aromatic amines is 1. The summed E-state index contributed by atoms with van der Waals surface area (Å²) in [5.41, 5.74) is 4.53. The van der Waals surface area contributed by atoms with E-state index in [1.807, 2.05) is 61.5 Å². The van der Waals surface area contributed by atoms with Crippen LogP contribution in [0.2, 0.25) is 0 Å². The van der Waals surface area contributed by atoms with Crippen LogP contribution in [-0.2, 0) is 0 Å².